The number of aromatic nitrogens is 2. The lowest BCUT2D eigenvalue weighted by molar-refractivity contribution is 0.493. The standard InChI is InChI=1S/C11H21N3/c1-4-10(12)11-7-13-8-14(11)6-5-9(2)3/h7-10H,4-6,12H2,1-3H3/t10-/m1/s1. The molecular formula is C11H21N3. The van der Waals surface area contributed by atoms with Crippen LogP contribution in [-0.2, 0) is 6.54 Å². The summed E-state index contributed by atoms with van der Waals surface area (Å²) in [6, 6.07) is 0.129. The van der Waals surface area contributed by atoms with Gasteiger partial charge < -0.3 is 10.3 Å². The smallest absolute Gasteiger partial charge is 0.0948 e. The van der Waals surface area contributed by atoms with Gasteiger partial charge in [0.1, 0.15) is 0 Å². The lowest BCUT2D eigenvalue weighted by Gasteiger charge is -2.13. The van der Waals surface area contributed by atoms with Gasteiger partial charge in [-0.25, -0.2) is 4.98 Å². The number of nitrogens with two attached hydrogens (primary N) is 1. The summed E-state index contributed by atoms with van der Waals surface area (Å²) in [6.45, 7) is 7.60. The second-order valence-corrected chi connectivity index (χ2v) is 4.21. The molecule has 1 atom stereocenters. The van der Waals surface area contributed by atoms with E-state index in [9.17, 15) is 0 Å². The molecule has 14 heavy (non-hydrogen) atoms. The fraction of sp³-hybridized carbons (Fsp3) is 0.727. The molecule has 0 unspecified atom stereocenters. The molecule has 3 heteroatoms. The normalized spacial score (nSPS) is 13.5. The Morgan fingerprint density at radius 3 is 2.79 bits per heavy atom. The minimum Gasteiger partial charge on any atom is -0.333 e. The number of hydrogen-bond acceptors (Lipinski definition) is 2. The zero-order chi connectivity index (χ0) is 10.6. The minimum absolute atomic E-state index is 0.129. The Hall–Kier alpha value is -0.830. The molecule has 0 aliphatic heterocycles. The van der Waals surface area contributed by atoms with Crippen LogP contribution in [0.3, 0.4) is 0 Å². The fourth-order valence-electron chi connectivity index (χ4n) is 1.43. The molecule has 0 bridgehead atoms. The Morgan fingerprint density at radius 1 is 1.50 bits per heavy atom. The molecule has 1 heterocycles. The van der Waals surface area contributed by atoms with Crippen molar-refractivity contribution in [3.8, 4) is 0 Å². The van der Waals surface area contributed by atoms with E-state index < -0.39 is 0 Å². The van der Waals surface area contributed by atoms with Crippen LogP contribution >= 0.6 is 0 Å². The predicted molar refractivity (Wildman–Crippen MR) is 58.9 cm³/mol. The zero-order valence-electron chi connectivity index (χ0n) is 9.40. The maximum Gasteiger partial charge on any atom is 0.0948 e. The lowest BCUT2D eigenvalue weighted by Crippen LogP contribution is -2.14. The van der Waals surface area contributed by atoms with Crippen LogP contribution in [0.15, 0.2) is 12.5 Å². The highest BCUT2D eigenvalue weighted by molar-refractivity contribution is 5.04. The second kappa shape index (κ2) is 5.15. The molecule has 2 N–H and O–H groups in total. The Balaban J connectivity index is 2.62. The summed E-state index contributed by atoms with van der Waals surface area (Å²) in [5, 5.41) is 0. The predicted octanol–water partition coefficient (Wildman–Crippen LogP) is 2.34. The SMILES string of the molecule is CC[C@@H](N)c1cncn1CCC(C)C. The van der Waals surface area contributed by atoms with Crippen molar-refractivity contribution in [1.82, 2.24) is 9.55 Å². The van der Waals surface area contributed by atoms with Crippen LogP contribution in [0.2, 0.25) is 0 Å². The first-order valence-corrected chi connectivity index (χ1v) is 5.40. The van der Waals surface area contributed by atoms with E-state index in [4.69, 9.17) is 5.73 Å². The Morgan fingerprint density at radius 2 is 2.21 bits per heavy atom. The summed E-state index contributed by atoms with van der Waals surface area (Å²) >= 11 is 0. The molecule has 80 valence electrons. The molecule has 0 aliphatic rings. The lowest BCUT2D eigenvalue weighted by atomic mass is 10.1. The van der Waals surface area contributed by atoms with Crippen molar-refractivity contribution in [2.45, 2.75) is 46.2 Å². The summed E-state index contributed by atoms with van der Waals surface area (Å²) in [6.07, 6.45) is 5.91. The van der Waals surface area contributed by atoms with Crippen LogP contribution in [0.25, 0.3) is 0 Å². The first-order chi connectivity index (χ1) is 6.65. The molecular weight excluding hydrogens is 174 g/mol. The fourth-order valence-corrected chi connectivity index (χ4v) is 1.43. The van der Waals surface area contributed by atoms with Gasteiger partial charge in [0.05, 0.1) is 12.0 Å². The first kappa shape index (κ1) is 11.2. The van der Waals surface area contributed by atoms with Gasteiger partial charge in [-0.1, -0.05) is 20.8 Å². The van der Waals surface area contributed by atoms with Gasteiger partial charge in [-0.05, 0) is 18.8 Å². The van der Waals surface area contributed by atoms with Crippen molar-refractivity contribution in [3.05, 3.63) is 18.2 Å². The van der Waals surface area contributed by atoms with Crippen LogP contribution < -0.4 is 5.73 Å². The van der Waals surface area contributed by atoms with Gasteiger partial charge in [-0.3, -0.25) is 0 Å². The van der Waals surface area contributed by atoms with E-state index >= 15 is 0 Å². The van der Waals surface area contributed by atoms with Crippen LogP contribution in [0.5, 0.6) is 0 Å². The molecule has 1 aromatic rings. The van der Waals surface area contributed by atoms with Crippen LogP contribution in [-0.4, -0.2) is 9.55 Å². The van der Waals surface area contributed by atoms with Crippen molar-refractivity contribution in [3.63, 3.8) is 0 Å². The van der Waals surface area contributed by atoms with Crippen molar-refractivity contribution < 1.29 is 0 Å². The second-order valence-electron chi connectivity index (χ2n) is 4.21. The van der Waals surface area contributed by atoms with E-state index in [0.717, 1.165) is 24.6 Å². The van der Waals surface area contributed by atoms with Crippen molar-refractivity contribution in [2.24, 2.45) is 11.7 Å². The van der Waals surface area contributed by atoms with Gasteiger partial charge in [0.15, 0.2) is 0 Å². The molecule has 0 radical (unpaired) electrons. The van der Waals surface area contributed by atoms with Crippen LogP contribution in [0, 0.1) is 5.92 Å². The van der Waals surface area contributed by atoms with Gasteiger partial charge >= 0.3 is 0 Å². The topological polar surface area (TPSA) is 43.8 Å². The van der Waals surface area contributed by atoms with Crippen molar-refractivity contribution >= 4 is 0 Å². The molecule has 0 amide bonds. The van der Waals surface area contributed by atoms with E-state index in [0.29, 0.717) is 0 Å². The average Bonchev–Trinajstić information content (AvgIpc) is 2.61. The van der Waals surface area contributed by atoms with Crippen LogP contribution in [0.4, 0.5) is 0 Å². The highest BCUT2D eigenvalue weighted by atomic mass is 15.1. The largest absolute Gasteiger partial charge is 0.333 e. The number of hydrogen-bond donors (Lipinski definition) is 1. The van der Waals surface area contributed by atoms with Gasteiger partial charge in [0.2, 0.25) is 0 Å². The third-order valence-corrected chi connectivity index (χ3v) is 2.51. The van der Waals surface area contributed by atoms with E-state index in [1.807, 2.05) is 12.5 Å². The third kappa shape index (κ3) is 2.84. The zero-order valence-corrected chi connectivity index (χ0v) is 9.40. The summed E-state index contributed by atoms with van der Waals surface area (Å²) < 4.78 is 2.17. The molecule has 0 spiro atoms. The molecule has 1 aromatic heterocycles. The molecule has 3 nitrogen and oxygen atoms in total. The Kier molecular flexibility index (Phi) is 4.14. The number of nitrogens with zero attached hydrogens (tertiary/aromatic N) is 2. The summed E-state index contributed by atoms with van der Waals surface area (Å²) in [7, 11) is 0. The summed E-state index contributed by atoms with van der Waals surface area (Å²) in [4.78, 5) is 4.15. The Bertz CT molecular complexity index is 265. The van der Waals surface area contributed by atoms with E-state index in [1.165, 1.54) is 6.42 Å². The minimum atomic E-state index is 0.129. The van der Waals surface area contributed by atoms with Crippen molar-refractivity contribution in [2.75, 3.05) is 0 Å². The number of rotatable bonds is 5. The third-order valence-electron chi connectivity index (χ3n) is 2.51. The van der Waals surface area contributed by atoms with E-state index in [2.05, 4.69) is 30.3 Å². The van der Waals surface area contributed by atoms with E-state index in [-0.39, 0.29) is 6.04 Å². The van der Waals surface area contributed by atoms with Crippen LogP contribution in [0.1, 0.15) is 45.3 Å². The molecule has 0 saturated heterocycles. The van der Waals surface area contributed by atoms with Gasteiger partial charge in [0, 0.05) is 18.8 Å². The summed E-state index contributed by atoms with van der Waals surface area (Å²) in [5.41, 5.74) is 7.15. The number of aryl methyl sites for hydroxylation is 1. The van der Waals surface area contributed by atoms with Crippen molar-refractivity contribution in [1.29, 1.82) is 0 Å². The molecule has 0 aromatic carbocycles. The van der Waals surface area contributed by atoms with E-state index in [1.54, 1.807) is 0 Å². The maximum absolute atomic E-state index is 5.99. The Labute approximate surface area is 86.3 Å². The molecule has 0 fully saturated rings. The molecule has 1 rings (SSSR count). The monoisotopic (exact) mass is 195 g/mol. The number of imidazole rings is 1. The summed E-state index contributed by atoms with van der Waals surface area (Å²) in [5.74, 6) is 0.725. The highest BCUT2D eigenvalue weighted by Gasteiger charge is 2.09. The maximum atomic E-state index is 5.99. The highest BCUT2D eigenvalue weighted by Crippen LogP contribution is 2.14. The first-order valence-electron chi connectivity index (χ1n) is 5.40. The van der Waals surface area contributed by atoms with Gasteiger partial charge in [-0.2, -0.15) is 0 Å². The molecule has 0 saturated carbocycles. The quantitative estimate of drug-likeness (QED) is 0.783. The molecule has 0 aliphatic carbocycles. The average molecular weight is 195 g/mol. The van der Waals surface area contributed by atoms with Gasteiger partial charge in [0.25, 0.3) is 0 Å². The van der Waals surface area contributed by atoms with Gasteiger partial charge in [-0.15, -0.1) is 0 Å².